The number of rotatable bonds is 3. The molecule has 8 heteroatoms. The van der Waals surface area contributed by atoms with Gasteiger partial charge in [0.15, 0.2) is 0 Å². The van der Waals surface area contributed by atoms with Crippen LogP contribution in [0.4, 0.5) is 5.00 Å². The first-order valence-electron chi connectivity index (χ1n) is 7.86. The van der Waals surface area contributed by atoms with Crippen LogP contribution < -0.4 is 11.1 Å². The van der Waals surface area contributed by atoms with Gasteiger partial charge in [-0.2, -0.15) is 0 Å². The summed E-state index contributed by atoms with van der Waals surface area (Å²) in [6.07, 6.45) is 0.545. The van der Waals surface area contributed by atoms with E-state index < -0.39 is 5.91 Å². The molecule has 2 aromatic rings. The topological polar surface area (TPSA) is 106 Å². The van der Waals surface area contributed by atoms with Gasteiger partial charge < -0.3 is 20.4 Å². The third kappa shape index (κ3) is 3.17. The van der Waals surface area contributed by atoms with Crippen LogP contribution in [0.1, 0.15) is 49.6 Å². The molecule has 2 aromatic heterocycles. The van der Waals surface area contributed by atoms with Gasteiger partial charge in [-0.3, -0.25) is 14.4 Å². The number of hydrogen-bond acceptors (Lipinski definition) is 5. The molecule has 25 heavy (non-hydrogen) atoms. The second-order valence-corrected chi connectivity index (χ2v) is 7.15. The Morgan fingerprint density at radius 2 is 2.04 bits per heavy atom. The van der Waals surface area contributed by atoms with Gasteiger partial charge in [0.1, 0.15) is 16.5 Å². The van der Waals surface area contributed by atoms with Crippen molar-refractivity contribution in [2.75, 3.05) is 11.9 Å². The molecule has 0 fully saturated rings. The molecule has 0 aromatic carbocycles. The van der Waals surface area contributed by atoms with Crippen molar-refractivity contribution in [3.63, 3.8) is 0 Å². The van der Waals surface area contributed by atoms with Crippen LogP contribution in [-0.4, -0.2) is 29.2 Å². The molecule has 0 spiro atoms. The van der Waals surface area contributed by atoms with E-state index in [2.05, 4.69) is 5.32 Å². The summed E-state index contributed by atoms with van der Waals surface area (Å²) < 4.78 is 5.38. The molecule has 3 N–H and O–H groups in total. The van der Waals surface area contributed by atoms with Gasteiger partial charge in [-0.25, -0.2) is 0 Å². The summed E-state index contributed by atoms with van der Waals surface area (Å²) >= 11 is 1.29. The van der Waals surface area contributed by atoms with Gasteiger partial charge in [-0.15, -0.1) is 11.3 Å². The van der Waals surface area contributed by atoms with Gasteiger partial charge in [-0.1, -0.05) is 0 Å². The number of furan rings is 1. The van der Waals surface area contributed by atoms with Crippen LogP contribution in [0.25, 0.3) is 0 Å². The van der Waals surface area contributed by atoms with Crippen molar-refractivity contribution >= 4 is 34.1 Å². The molecular weight excluding hydrogens is 342 g/mol. The fourth-order valence-electron chi connectivity index (χ4n) is 3.05. The third-order valence-corrected chi connectivity index (χ3v) is 5.39. The van der Waals surface area contributed by atoms with E-state index >= 15 is 0 Å². The molecule has 132 valence electrons. The predicted octanol–water partition coefficient (Wildman–Crippen LogP) is 2.21. The van der Waals surface area contributed by atoms with Crippen molar-refractivity contribution in [3.05, 3.63) is 39.2 Å². The highest BCUT2D eigenvalue weighted by molar-refractivity contribution is 7.17. The maximum atomic E-state index is 12.5. The Morgan fingerprint density at radius 1 is 1.32 bits per heavy atom. The molecule has 0 atom stereocenters. The summed E-state index contributed by atoms with van der Waals surface area (Å²) in [4.78, 5) is 38.6. The average molecular weight is 361 g/mol. The standard InChI is InChI=1S/C17H19N3O4S/c1-8-6-12(9(2)24-8)16(23)19-17-14(15(18)22)11-4-5-20(10(3)21)7-13(11)25-17/h6H,4-5,7H2,1-3H3,(H2,18,22)(H,19,23). The smallest absolute Gasteiger partial charge is 0.259 e. The molecule has 0 unspecified atom stereocenters. The monoisotopic (exact) mass is 361 g/mol. The Morgan fingerprint density at radius 3 is 2.60 bits per heavy atom. The molecule has 0 radical (unpaired) electrons. The molecule has 3 rings (SSSR count). The number of nitrogens with two attached hydrogens (primary N) is 1. The van der Waals surface area contributed by atoms with Gasteiger partial charge >= 0.3 is 0 Å². The summed E-state index contributed by atoms with van der Waals surface area (Å²) in [5, 5.41) is 3.20. The number of primary amides is 1. The van der Waals surface area contributed by atoms with Crippen molar-refractivity contribution in [2.45, 2.75) is 33.7 Å². The number of aryl methyl sites for hydroxylation is 2. The quantitative estimate of drug-likeness (QED) is 0.874. The van der Waals surface area contributed by atoms with E-state index in [1.807, 2.05) is 0 Å². The zero-order chi connectivity index (χ0) is 18.3. The molecule has 0 saturated heterocycles. The van der Waals surface area contributed by atoms with Crippen LogP contribution in [0.2, 0.25) is 0 Å². The summed E-state index contributed by atoms with van der Waals surface area (Å²) in [6.45, 7) is 5.95. The summed E-state index contributed by atoms with van der Waals surface area (Å²) in [5.41, 5.74) is 7.13. The van der Waals surface area contributed by atoms with Crippen molar-refractivity contribution in [2.24, 2.45) is 5.73 Å². The number of thiophene rings is 1. The fourth-order valence-corrected chi connectivity index (χ4v) is 4.31. The summed E-state index contributed by atoms with van der Waals surface area (Å²) in [5.74, 6) is 0.206. The molecule has 0 saturated carbocycles. The Bertz CT molecular complexity index is 881. The van der Waals surface area contributed by atoms with E-state index in [0.29, 0.717) is 47.2 Å². The van der Waals surface area contributed by atoms with Gasteiger partial charge in [0.05, 0.1) is 17.7 Å². The molecular formula is C17H19N3O4S. The lowest BCUT2D eigenvalue weighted by molar-refractivity contribution is -0.129. The van der Waals surface area contributed by atoms with E-state index in [1.54, 1.807) is 24.8 Å². The zero-order valence-corrected chi connectivity index (χ0v) is 15.1. The minimum atomic E-state index is -0.579. The number of nitrogens with zero attached hydrogens (tertiary/aromatic N) is 1. The molecule has 0 bridgehead atoms. The third-order valence-electron chi connectivity index (χ3n) is 4.26. The van der Waals surface area contributed by atoms with Crippen molar-refractivity contribution in [1.82, 2.24) is 4.90 Å². The maximum absolute atomic E-state index is 12.5. The highest BCUT2D eigenvalue weighted by Crippen LogP contribution is 2.37. The number of anilines is 1. The number of nitrogens with one attached hydrogen (secondary N) is 1. The number of fused-ring (bicyclic) bond motifs is 1. The van der Waals surface area contributed by atoms with Crippen LogP contribution in [-0.2, 0) is 17.8 Å². The Balaban J connectivity index is 1.94. The van der Waals surface area contributed by atoms with E-state index in [1.165, 1.54) is 18.3 Å². The van der Waals surface area contributed by atoms with E-state index in [0.717, 1.165) is 10.4 Å². The first-order valence-corrected chi connectivity index (χ1v) is 8.67. The summed E-state index contributed by atoms with van der Waals surface area (Å²) in [7, 11) is 0. The predicted molar refractivity (Wildman–Crippen MR) is 93.8 cm³/mol. The number of carbonyl (C=O) groups is 3. The minimum Gasteiger partial charge on any atom is -0.466 e. The van der Waals surface area contributed by atoms with Crippen LogP contribution >= 0.6 is 11.3 Å². The van der Waals surface area contributed by atoms with E-state index in [4.69, 9.17) is 10.2 Å². The number of amides is 3. The second kappa shape index (κ2) is 6.36. The molecule has 7 nitrogen and oxygen atoms in total. The van der Waals surface area contributed by atoms with Crippen LogP contribution in [0.3, 0.4) is 0 Å². The Labute approximate surface area is 148 Å². The highest BCUT2D eigenvalue weighted by Gasteiger charge is 2.29. The summed E-state index contributed by atoms with van der Waals surface area (Å²) in [6, 6.07) is 1.65. The highest BCUT2D eigenvalue weighted by atomic mass is 32.1. The lowest BCUT2D eigenvalue weighted by atomic mass is 10.0. The largest absolute Gasteiger partial charge is 0.466 e. The van der Waals surface area contributed by atoms with E-state index in [-0.39, 0.29) is 11.8 Å². The first-order chi connectivity index (χ1) is 11.8. The zero-order valence-electron chi connectivity index (χ0n) is 14.3. The minimum absolute atomic E-state index is 0.0187. The first kappa shape index (κ1) is 17.2. The normalized spacial score (nSPS) is 13.5. The lowest BCUT2D eigenvalue weighted by Gasteiger charge is -2.25. The Kier molecular flexibility index (Phi) is 4.38. The maximum Gasteiger partial charge on any atom is 0.259 e. The van der Waals surface area contributed by atoms with Crippen molar-refractivity contribution in [1.29, 1.82) is 0 Å². The molecule has 3 heterocycles. The van der Waals surface area contributed by atoms with Crippen molar-refractivity contribution < 1.29 is 18.8 Å². The Hall–Kier alpha value is -2.61. The van der Waals surface area contributed by atoms with Crippen LogP contribution in [0.5, 0.6) is 0 Å². The van der Waals surface area contributed by atoms with E-state index in [9.17, 15) is 14.4 Å². The SMILES string of the molecule is CC(=O)N1CCc2c(sc(NC(=O)c3cc(C)oc3C)c2C(N)=O)C1. The second-order valence-electron chi connectivity index (χ2n) is 6.04. The van der Waals surface area contributed by atoms with Gasteiger partial charge in [0, 0.05) is 18.3 Å². The average Bonchev–Trinajstić information content (AvgIpc) is 3.05. The van der Waals surface area contributed by atoms with Gasteiger partial charge in [0.2, 0.25) is 5.91 Å². The van der Waals surface area contributed by atoms with Gasteiger partial charge in [-0.05, 0) is 31.9 Å². The number of carbonyl (C=O) groups excluding carboxylic acids is 3. The van der Waals surface area contributed by atoms with Crippen LogP contribution in [0, 0.1) is 13.8 Å². The van der Waals surface area contributed by atoms with Crippen LogP contribution in [0.15, 0.2) is 10.5 Å². The van der Waals surface area contributed by atoms with Crippen molar-refractivity contribution in [3.8, 4) is 0 Å². The molecule has 1 aliphatic rings. The molecule has 1 aliphatic heterocycles. The molecule has 0 aliphatic carbocycles. The lowest BCUT2D eigenvalue weighted by Crippen LogP contribution is -2.34. The fraction of sp³-hybridized carbons (Fsp3) is 0.353. The number of hydrogen-bond donors (Lipinski definition) is 2. The van der Waals surface area contributed by atoms with Gasteiger partial charge in [0.25, 0.3) is 11.8 Å². The molecule has 3 amide bonds.